The molecule has 0 saturated heterocycles. The van der Waals surface area contributed by atoms with Gasteiger partial charge in [-0.3, -0.25) is 9.36 Å². The van der Waals surface area contributed by atoms with E-state index in [9.17, 15) is 9.59 Å². The summed E-state index contributed by atoms with van der Waals surface area (Å²) in [4.78, 5) is 28.4. The van der Waals surface area contributed by atoms with Crippen LogP contribution in [0.2, 0.25) is 5.02 Å². The van der Waals surface area contributed by atoms with Crippen LogP contribution >= 0.6 is 11.6 Å². The number of oxazole rings is 1. The van der Waals surface area contributed by atoms with Crippen LogP contribution in [0, 0.1) is 0 Å². The van der Waals surface area contributed by atoms with Crippen LogP contribution in [0.25, 0.3) is 22.1 Å². The zero-order chi connectivity index (χ0) is 19.5. The fourth-order valence-electron chi connectivity index (χ4n) is 3.22. The van der Waals surface area contributed by atoms with E-state index in [1.54, 1.807) is 18.2 Å². The first-order chi connectivity index (χ1) is 13.6. The average Bonchev–Trinajstić information content (AvgIpc) is 3.23. The minimum atomic E-state index is -0.489. The lowest BCUT2D eigenvalue weighted by molar-refractivity contribution is -0.121. The molecule has 28 heavy (non-hydrogen) atoms. The molecule has 0 fully saturated rings. The Bertz CT molecular complexity index is 1190. The molecule has 7 nitrogen and oxygen atoms in total. The number of rotatable bonds is 7. The van der Waals surface area contributed by atoms with Crippen LogP contribution in [0.5, 0.6) is 0 Å². The maximum absolute atomic E-state index is 12.1. The van der Waals surface area contributed by atoms with Crippen molar-refractivity contribution in [1.82, 2.24) is 19.4 Å². The summed E-state index contributed by atoms with van der Waals surface area (Å²) in [5.74, 6) is -0.595. The molecule has 144 valence electrons. The molecule has 2 aromatic carbocycles. The van der Waals surface area contributed by atoms with Crippen molar-refractivity contribution < 1.29 is 9.21 Å². The van der Waals surface area contributed by atoms with Crippen molar-refractivity contribution in [2.75, 3.05) is 6.54 Å². The lowest BCUT2D eigenvalue weighted by Gasteiger charge is -2.07. The van der Waals surface area contributed by atoms with Crippen molar-refractivity contribution in [1.29, 1.82) is 0 Å². The lowest BCUT2D eigenvalue weighted by Crippen LogP contribution is -2.27. The largest absolute Gasteiger partial charge is 0.419 e. The van der Waals surface area contributed by atoms with Crippen molar-refractivity contribution in [2.45, 2.75) is 25.9 Å². The molecule has 1 amide bonds. The van der Waals surface area contributed by atoms with Gasteiger partial charge < -0.3 is 14.3 Å². The monoisotopic (exact) mass is 398 g/mol. The van der Waals surface area contributed by atoms with Gasteiger partial charge in [0.25, 0.3) is 0 Å². The number of nitrogens with zero attached hydrogens (tertiary/aromatic N) is 3. The van der Waals surface area contributed by atoms with Gasteiger partial charge in [0, 0.05) is 37.1 Å². The van der Waals surface area contributed by atoms with E-state index >= 15 is 0 Å². The summed E-state index contributed by atoms with van der Waals surface area (Å²) in [6, 6.07) is 12.9. The maximum atomic E-state index is 12.1. The number of halogens is 1. The van der Waals surface area contributed by atoms with Crippen LogP contribution in [-0.4, -0.2) is 26.6 Å². The molecule has 1 N–H and O–H groups in total. The Morgan fingerprint density at radius 1 is 1.14 bits per heavy atom. The highest BCUT2D eigenvalue weighted by Crippen LogP contribution is 2.18. The van der Waals surface area contributed by atoms with Gasteiger partial charge >= 0.3 is 5.76 Å². The minimum Gasteiger partial charge on any atom is -0.408 e. The second-order valence-electron chi connectivity index (χ2n) is 6.51. The molecule has 0 saturated carbocycles. The Hall–Kier alpha value is -3.06. The molecular formula is C20H19ClN4O3. The van der Waals surface area contributed by atoms with Gasteiger partial charge in [0.1, 0.15) is 0 Å². The fraction of sp³-hybridized carbons (Fsp3) is 0.250. The van der Waals surface area contributed by atoms with E-state index in [2.05, 4.69) is 14.9 Å². The first-order valence-corrected chi connectivity index (χ1v) is 9.45. The van der Waals surface area contributed by atoms with Crippen LogP contribution in [0.3, 0.4) is 0 Å². The number of aryl methyl sites for hydroxylation is 2. The third-order valence-electron chi connectivity index (χ3n) is 4.62. The van der Waals surface area contributed by atoms with E-state index in [4.69, 9.17) is 16.0 Å². The Labute approximate surface area is 165 Å². The van der Waals surface area contributed by atoms with Crippen LogP contribution in [0.1, 0.15) is 12.8 Å². The molecule has 0 unspecified atom stereocenters. The Balaban J connectivity index is 1.27. The molecule has 0 aliphatic rings. The number of nitrogens with one attached hydrogen (secondary N) is 1. The third-order valence-corrected chi connectivity index (χ3v) is 4.85. The van der Waals surface area contributed by atoms with E-state index in [0.717, 1.165) is 24.0 Å². The first-order valence-electron chi connectivity index (χ1n) is 9.07. The number of hydrogen-bond acceptors (Lipinski definition) is 4. The van der Waals surface area contributed by atoms with Gasteiger partial charge in [0.05, 0.1) is 22.9 Å². The quantitative estimate of drug-likeness (QED) is 0.485. The summed E-state index contributed by atoms with van der Waals surface area (Å²) < 4.78 is 8.69. The summed E-state index contributed by atoms with van der Waals surface area (Å²) in [5.41, 5.74) is 3.10. The molecule has 0 spiro atoms. The minimum absolute atomic E-state index is 0.106. The maximum Gasteiger partial charge on any atom is 0.419 e. The Morgan fingerprint density at radius 3 is 2.89 bits per heavy atom. The number of aromatic nitrogens is 3. The zero-order valence-electron chi connectivity index (χ0n) is 15.1. The summed E-state index contributed by atoms with van der Waals surface area (Å²) in [7, 11) is 0. The molecule has 2 aromatic heterocycles. The van der Waals surface area contributed by atoms with E-state index in [-0.39, 0.29) is 18.9 Å². The average molecular weight is 399 g/mol. The Kier molecular flexibility index (Phi) is 5.16. The molecule has 0 bridgehead atoms. The van der Waals surface area contributed by atoms with Crippen LogP contribution in [-0.2, 0) is 17.9 Å². The molecule has 0 aliphatic heterocycles. The fourth-order valence-corrected chi connectivity index (χ4v) is 3.38. The Morgan fingerprint density at radius 2 is 2.00 bits per heavy atom. The molecule has 4 aromatic rings. The van der Waals surface area contributed by atoms with Crippen molar-refractivity contribution >= 4 is 39.6 Å². The SMILES string of the molecule is O=C(CCn1c(=O)oc2cc(Cl)ccc21)NCCCn1cnc2ccccc21. The third kappa shape index (κ3) is 3.80. The molecular weight excluding hydrogens is 380 g/mol. The number of amides is 1. The number of imidazole rings is 1. The smallest absolute Gasteiger partial charge is 0.408 e. The topological polar surface area (TPSA) is 82.1 Å². The van der Waals surface area contributed by atoms with Crippen LogP contribution in [0.4, 0.5) is 0 Å². The van der Waals surface area contributed by atoms with Gasteiger partial charge in [0.2, 0.25) is 5.91 Å². The van der Waals surface area contributed by atoms with E-state index in [0.29, 0.717) is 22.7 Å². The van der Waals surface area contributed by atoms with E-state index in [1.807, 2.05) is 30.6 Å². The molecule has 8 heteroatoms. The number of carbonyl (C=O) groups excluding carboxylic acids is 1. The van der Waals surface area contributed by atoms with Crippen LogP contribution < -0.4 is 11.1 Å². The molecule has 0 radical (unpaired) electrons. The highest BCUT2D eigenvalue weighted by Gasteiger charge is 2.11. The second-order valence-corrected chi connectivity index (χ2v) is 6.95. The number of fused-ring (bicyclic) bond motifs is 2. The number of para-hydroxylation sites is 2. The van der Waals surface area contributed by atoms with Crippen molar-refractivity contribution in [2.24, 2.45) is 0 Å². The van der Waals surface area contributed by atoms with E-state index in [1.165, 1.54) is 4.57 Å². The molecule has 4 rings (SSSR count). The normalized spacial score (nSPS) is 11.3. The van der Waals surface area contributed by atoms with Gasteiger partial charge in [-0.2, -0.15) is 0 Å². The van der Waals surface area contributed by atoms with Gasteiger partial charge in [0.15, 0.2) is 5.58 Å². The lowest BCUT2D eigenvalue weighted by atomic mass is 10.3. The predicted octanol–water partition coefficient (Wildman–Crippen LogP) is 3.19. The molecule has 0 atom stereocenters. The molecule has 0 aliphatic carbocycles. The van der Waals surface area contributed by atoms with Crippen molar-refractivity contribution in [3.8, 4) is 0 Å². The summed E-state index contributed by atoms with van der Waals surface area (Å²) in [5, 5.41) is 3.39. The first kappa shape index (κ1) is 18.3. The van der Waals surface area contributed by atoms with Gasteiger partial charge in [-0.05, 0) is 30.7 Å². The summed E-state index contributed by atoms with van der Waals surface area (Å²) >= 11 is 5.91. The molecule has 2 heterocycles. The highest BCUT2D eigenvalue weighted by atomic mass is 35.5. The van der Waals surface area contributed by atoms with Gasteiger partial charge in [-0.15, -0.1) is 0 Å². The van der Waals surface area contributed by atoms with Gasteiger partial charge in [-0.1, -0.05) is 23.7 Å². The standard InChI is InChI=1S/C20H19ClN4O3/c21-14-6-7-17-18(12-14)28-20(27)25(17)11-8-19(26)22-9-3-10-24-13-23-15-4-1-2-5-16(15)24/h1-2,4-7,12-13H,3,8-11H2,(H,22,26). The number of hydrogen-bond donors (Lipinski definition) is 1. The second kappa shape index (κ2) is 7.90. The van der Waals surface area contributed by atoms with E-state index < -0.39 is 5.76 Å². The predicted molar refractivity (Wildman–Crippen MR) is 107 cm³/mol. The van der Waals surface area contributed by atoms with Gasteiger partial charge in [-0.25, -0.2) is 9.78 Å². The summed E-state index contributed by atoms with van der Waals surface area (Å²) in [6.45, 7) is 1.58. The zero-order valence-corrected chi connectivity index (χ0v) is 15.9. The number of carbonyl (C=O) groups is 1. The summed E-state index contributed by atoms with van der Waals surface area (Å²) in [6.07, 6.45) is 2.81. The highest BCUT2D eigenvalue weighted by molar-refractivity contribution is 6.31. The van der Waals surface area contributed by atoms with Crippen LogP contribution in [0.15, 0.2) is 58.0 Å². The number of benzene rings is 2. The van der Waals surface area contributed by atoms with Crippen molar-refractivity contribution in [3.05, 3.63) is 64.4 Å². The van der Waals surface area contributed by atoms with Crippen molar-refractivity contribution in [3.63, 3.8) is 0 Å².